The third-order valence-electron chi connectivity index (χ3n) is 5.43. The number of aromatic nitrogens is 1. The normalized spacial score (nSPS) is 15.6. The van der Waals surface area contributed by atoms with Crippen LogP contribution in [0.15, 0.2) is 73.1 Å². The van der Waals surface area contributed by atoms with E-state index >= 15 is 0 Å². The van der Waals surface area contributed by atoms with E-state index in [2.05, 4.69) is 10.3 Å². The standard InChI is InChI=1S/C25H24N4O3S/c1-17-4-3-5-19(14-17)27-23(30)15-22-24(31)29(20-6-8-21(32-2)9-7-20)25(33)28(22)16-18-10-12-26-13-11-18/h3-14,22H,15-16H2,1-2H3,(H,27,30). The second kappa shape index (κ2) is 9.79. The predicted molar refractivity (Wildman–Crippen MR) is 131 cm³/mol. The van der Waals surface area contributed by atoms with E-state index in [4.69, 9.17) is 17.0 Å². The number of pyridine rings is 1. The Bertz CT molecular complexity index is 1170. The van der Waals surface area contributed by atoms with Gasteiger partial charge in [-0.15, -0.1) is 0 Å². The summed E-state index contributed by atoms with van der Waals surface area (Å²) in [7, 11) is 1.58. The van der Waals surface area contributed by atoms with Crippen molar-refractivity contribution >= 4 is 40.5 Å². The highest BCUT2D eigenvalue weighted by molar-refractivity contribution is 7.80. The molecule has 1 unspecified atom stereocenters. The second-order valence-corrected chi connectivity index (χ2v) is 8.14. The number of aryl methyl sites for hydroxylation is 1. The molecule has 1 aromatic heterocycles. The highest BCUT2D eigenvalue weighted by Gasteiger charge is 2.44. The predicted octanol–water partition coefficient (Wildman–Crippen LogP) is 3.93. The molecule has 4 rings (SSSR count). The van der Waals surface area contributed by atoms with E-state index in [1.165, 1.54) is 4.90 Å². The summed E-state index contributed by atoms with van der Waals surface area (Å²) in [6, 6.07) is 17.7. The number of thiocarbonyl (C=S) groups is 1. The number of nitrogens with zero attached hydrogens (tertiary/aromatic N) is 3. The number of rotatable bonds is 7. The fourth-order valence-corrected chi connectivity index (χ4v) is 4.17. The van der Waals surface area contributed by atoms with Gasteiger partial charge in [0.25, 0.3) is 5.91 Å². The third-order valence-corrected chi connectivity index (χ3v) is 5.85. The molecule has 2 heterocycles. The summed E-state index contributed by atoms with van der Waals surface area (Å²) in [4.78, 5) is 33.7. The van der Waals surface area contributed by atoms with Crippen LogP contribution in [0.1, 0.15) is 17.5 Å². The summed E-state index contributed by atoms with van der Waals surface area (Å²) in [5.74, 6) is 0.190. The zero-order valence-electron chi connectivity index (χ0n) is 18.4. The van der Waals surface area contributed by atoms with Crippen LogP contribution in [0.3, 0.4) is 0 Å². The van der Waals surface area contributed by atoms with Crippen molar-refractivity contribution in [3.8, 4) is 5.75 Å². The number of hydrogen-bond donors (Lipinski definition) is 1. The highest BCUT2D eigenvalue weighted by Crippen LogP contribution is 2.30. The van der Waals surface area contributed by atoms with Crippen molar-refractivity contribution in [1.29, 1.82) is 0 Å². The summed E-state index contributed by atoms with van der Waals surface area (Å²) >= 11 is 5.71. The lowest BCUT2D eigenvalue weighted by molar-refractivity contribution is -0.124. The molecule has 8 heteroatoms. The van der Waals surface area contributed by atoms with Gasteiger partial charge in [-0.1, -0.05) is 12.1 Å². The van der Waals surface area contributed by atoms with Crippen molar-refractivity contribution in [3.05, 3.63) is 84.2 Å². The monoisotopic (exact) mass is 460 g/mol. The summed E-state index contributed by atoms with van der Waals surface area (Å²) in [6.45, 7) is 2.35. The molecule has 1 fully saturated rings. The van der Waals surface area contributed by atoms with E-state index in [1.54, 1.807) is 48.7 Å². The Morgan fingerprint density at radius 2 is 1.85 bits per heavy atom. The summed E-state index contributed by atoms with van der Waals surface area (Å²) in [5.41, 5.74) is 3.31. The van der Waals surface area contributed by atoms with E-state index < -0.39 is 6.04 Å². The highest BCUT2D eigenvalue weighted by atomic mass is 32.1. The Hall–Kier alpha value is -3.78. The van der Waals surface area contributed by atoms with E-state index in [-0.39, 0.29) is 18.2 Å². The molecular formula is C25H24N4O3S. The number of carbonyl (C=O) groups excluding carboxylic acids is 2. The van der Waals surface area contributed by atoms with E-state index in [1.807, 2.05) is 43.3 Å². The topological polar surface area (TPSA) is 74.8 Å². The van der Waals surface area contributed by atoms with Crippen molar-refractivity contribution in [3.63, 3.8) is 0 Å². The first-order chi connectivity index (χ1) is 16.0. The molecule has 0 saturated carbocycles. The fourth-order valence-electron chi connectivity index (χ4n) is 3.78. The van der Waals surface area contributed by atoms with Gasteiger partial charge in [0.15, 0.2) is 5.11 Å². The largest absolute Gasteiger partial charge is 0.497 e. The van der Waals surface area contributed by atoms with Gasteiger partial charge in [-0.05, 0) is 78.8 Å². The number of ether oxygens (including phenoxy) is 1. The van der Waals surface area contributed by atoms with Gasteiger partial charge >= 0.3 is 0 Å². The Morgan fingerprint density at radius 3 is 2.52 bits per heavy atom. The van der Waals surface area contributed by atoms with Crippen LogP contribution >= 0.6 is 12.2 Å². The molecular weight excluding hydrogens is 436 g/mol. The number of nitrogens with one attached hydrogen (secondary N) is 1. The van der Waals surface area contributed by atoms with Crippen LogP contribution in [0.4, 0.5) is 11.4 Å². The molecule has 168 valence electrons. The molecule has 2 aromatic carbocycles. The number of anilines is 2. The number of carbonyl (C=O) groups is 2. The van der Waals surface area contributed by atoms with Crippen LogP contribution < -0.4 is 15.0 Å². The molecule has 0 spiro atoms. The van der Waals surface area contributed by atoms with Gasteiger partial charge in [0.2, 0.25) is 5.91 Å². The average molecular weight is 461 g/mol. The molecule has 1 aliphatic heterocycles. The van der Waals surface area contributed by atoms with E-state index in [9.17, 15) is 9.59 Å². The van der Waals surface area contributed by atoms with Crippen molar-refractivity contribution in [2.24, 2.45) is 0 Å². The van der Waals surface area contributed by atoms with Crippen LogP contribution in [0.5, 0.6) is 5.75 Å². The quantitative estimate of drug-likeness (QED) is 0.539. The van der Waals surface area contributed by atoms with Gasteiger partial charge in [0, 0.05) is 24.6 Å². The Morgan fingerprint density at radius 1 is 1.12 bits per heavy atom. The number of benzene rings is 2. The maximum absolute atomic E-state index is 13.5. The molecule has 1 aliphatic rings. The molecule has 1 atom stereocenters. The summed E-state index contributed by atoms with van der Waals surface area (Å²) in [6.07, 6.45) is 3.36. The Labute approximate surface area is 198 Å². The zero-order chi connectivity index (χ0) is 23.4. The van der Waals surface area contributed by atoms with E-state index in [0.717, 1.165) is 11.1 Å². The summed E-state index contributed by atoms with van der Waals surface area (Å²) in [5, 5.41) is 3.25. The molecule has 1 N–H and O–H groups in total. The lowest BCUT2D eigenvalue weighted by Crippen LogP contribution is -2.37. The minimum absolute atomic E-state index is 0.0232. The number of amides is 2. The molecule has 1 saturated heterocycles. The lowest BCUT2D eigenvalue weighted by Gasteiger charge is -2.24. The molecule has 0 aliphatic carbocycles. The first-order valence-electron chi connectivity index (χ1n) is 10.5. The van der Waals surface area contributed by atoms with Crippen molar-refractivity contribution in [2.45, 2.75) is 25.9 Å². The smallest absolute Gasteiger partial charge is 0.256 e. The summed E-state index contributed by atoms with van der Waals surface area (Å²) < 4.78 is 5.22. The minimum atomic E-state index is -0.724. The minimum Gasteiger partial charge on any atom is -0.497 e. The Balaban J connectivity index is 1.60. The van der Waals surface area contributed by atoms with Gasteiger partial charge in [-0.2, -0.15) is 0 Å². The van der Waals surface area contributed by atoms with Gasteiger partial charge in [-0.25, -0.2) is 0 Å². The van der Waals surface area contributed by atoms with Crippen molar-refractivity contribution in [2.75, 3.05) is 17.3 Å². The van der Waals surface area contributed by atoms with Crippen LogP contribution in [0.2, 0.25) is 0 Å². The molecule has 33 heavy (non-hydrogen) atoms. The van der Waals surface area contributed by atoms with Gasteiger partial charge in [0.05, 0.1) is 19.2 Å². The number of methoxy groups -OCH3 is 1. The average Bonchev–Trinajstić information content (AvgIpc) is 3.03. The number of hydrogen-bond acceptors (Lipinski definition) is 5. The van der Waals surface area contributed by atoms with Crippen molar-refractivity contribution in [1.82, 2.24) is 9.88 Å². The van der Waals surface area contributed by atoms with Gasteiger partial charge in [0.1, 0.15) is 11.8 Å². The second-order valence-electron chi connectivity index (χ2n) is 7.78. The maximum Gasteiger partial charge on any atom is 0.256 e. The molecule has 0 bridgehead atoms. The first kappa shape index (κ1) is 22.4. The first-order valence-corrected chi connectivity index (χ1v) is 10.9. The lowest BCUT2D eigenvalue weighted by atomic mass is 10.1. The SMILES string of the molecule is COc1ccc(N2C(=O)C(CC(=O)Nc3cccc(C)c3)N(Cc3ccncc3)C2=S)cc1. The fraction of sp³-hybridized carbons (Fsp3) is 0.200. The Kier molecular flexibility index (Phi) is 6.65. The van der Waals surface area contributed by atoms with Crippen LogP contribution in [-0.2, 0) is 16.1 Å². The molecule has 2 amide bonds. The van der Waals surface area contributed by atoms with Gasteiger partial charge in [-0.3, -0.25) is 19.5 Å². The van der Waals surface area contributed by atoms with E-state index in [0.29, 0.717) is 28.8 Å². The van der Waals surface area contributed by atoms with Crippen LogP contribution in [0, 0.1) is 6.92 Å². The van der Waals surface area contributed by atoms with Crippen molar-refractivity contribution < 1.29 is 14.3 Å². The maximum atomic E-state index is 13.5. The molecule has 0 radical (unpaired) electrons. The van der Waals surface area contributed by atoms with Crippen LogP contribution in [-0.4, -0.2) is 40.0 Å². The van der Waals surface area contributed by atoms with Crippen LogP contribution in [0.25, 0.3) is 0 Å². The zero-order valence-corrected chi connectivity index (χ0v) is 19.2. The molecule has 7 nitrogen and oxygen atoms in total. The third kappa shape index (κ3) is 5.01. The van der Waals surface area contributed by atoms with Gasteiger partial charge < -0.3 is 15.0 Å². The molecule has 3 aromatic rings.